The van der Waals surface area contributed by atoms with Crippen LogP contribution in [0.4, 0.5) is 9.93 Å². The Kier molecular flexibility index (Phi) is 3.11. The summed E-state index contributed by atoms with van der Waals surface area (Å²) in [6.45, 7) is 2.95. The van der Waals surface area contributed by atoms with E-state index in [1.165, 1.54) is 24.6 Å². The number of esters is 1. The molecule has 7 nitrogen and oxygen atoms in total. The van der Waals surface area contributed by atoms with Gasteiger partial charge in [0.15, 0.2) is 5.13 Å². The average molecular weight is 282 g/mol. The zero-order valence-corrected chi connectivity index (χ0v) is 11.3. The third-order valence-corrected chi connectivity index (χ3v) is 4.33. The summed E-state index contributed by atoms with van der Waals surface area (Å²) in [6.07, 6.45) is 1.45. The van der Waals surface area contributed by atoms with Crippen LogP contribution in [0.2, 0.25) is 0 Å². The summed E-state index contributed by atoms with van der Waals surface area (Å²) in [5, 5.41) is 3.82. The van der Waals surface area contributed by atoms with Crippen molar-refractivity contribution >= 4 is 28.5 Å². The number of hydrogen-bond acceptors (Lipinski definition) is 6. The first kappa shape index (κ1) is 12.4. The first-order valence-electron chi connectivity index (χ1n) is 6.03. The molecular formula is C11H14N4O3S. The van der Waals surface area contributed by atoms with Crippen molar-refractivity contribution in [3.63, 3.8) is 0 Å². The van der Waals surface area contributed by atoms with Gasteiger partial charge in [-0.1, -0.05) is 11.3 Å². The second-order valence-corrected chi connectivity index (χ2v) is 5.45. The highest BCUT2D eigenvalue weighted by atomic mass is 32.1. The summed E-state index contributed by atoms with van der Waals surface area (Å²) in [7, 11) is 1.33. The molecule has 102 valence electrons. The number of fused-ring (bicyclic) bond motifs is 1. The lowest BCUT2D eigenvalue weighted by molar-refractivity contribution is 0.0606. The van der Waals surface area contributed by atoms with Crippen molar-refractivity contribution in [3.8, 4) is 0 Å². The first-order valence-corrected chi connectivity index (χ1v) is 6.85. The molecule has 8 heteroatoms. The van der Waals surface area contributed by atoms with Crippen molar-refractivity contribution < 1.29 is 14.3 Å². The van der Waals surface area contributed by atoms with Gasteiger partial charge in [-0.25, -0.2) is 14.6 Å². The molecule has 2 amide bonds. The number of carbonyl (C=O) groups is 2. The van der Waals surface area contributed by atoms with E-state index in [-0.39, 0.29) is 12.1 Å². The second kappa shape index (κ2) is 4.78. The van der Waals surface area contributed by atoms with Crippen LogP contribution in [0.5, 0.6) is 0 Å². The van der Waals surface area contributed by atoms with Crippen molar-refractivity contribution in [2.75, 3.05) is 38.2 Å². The SMILES string of the molecule is COC(=O)c1cnc(N2C[C@@H]3CNCCN3C2=O)s1. The molecule has 19 heavy (non-hydrogen) atoms. The standard InChI is InChI=1S/C11H14N4O3S/c1-18-9(16)8-5-13-10(19-8)15-6-7-4-12-2-3-14(7)11(15)17/h5,7,12H,2-4,6H2,1H3/t7-/m0/s1. The van der Waals surface area contributed by atoms with Crippen LogP contribution in [0.3, 0.4) is 0 Å². The highest BCUT2D eigenvalue weighted by Crippen LogP contribution is 2.28. The van der Waals surface area contributed by atoms with Crippen LogP contribution in [0, 0.1) is 0 Å². The Morgan fingerprint density at radius 2 is 2.47 bits per heavy atom. The Morgan fingerprint density at radius 1 is 1.63 bits per heavy atom. The molecule has 2 aliphatic heterocycles. The number of aromatic nitrogens is 1. The van der Waals surface area contributed by atoms with Gasteiger partial charge in [0, 0.05) is 19.6 Å². The summed E-state index contributed by atoms with van der Waals surface area (Å²) < 4.78 is 4.64. The van der Waals surface area contributed by atoms with Gasteiger partial charge in [-0.2, -0.15) is 0 Å². The average Bonchev–Trinajstić information content (AvgIpc) is 3.04. The van der Waals surface area contributed by atoms with Gasteiger partial charge in [0.05, 0.1) is 25.9 Å². The topological polar surface area (TPSA) is 74.8 Å². The fourth-order valence-corrected chi connectivity index (χ4v) is 3.20. The summed E-state index contributed by atoms with van der Waals surface area (Å²) in [5.74, 6) is -0.421. The largest absolute Gasteiger partial charge is 0.465 e. The molecule has 1 aromatic rings. The van der Waals surface area contributed by atoms with E-state index < -0.39 is 5.97 Å². The zero-order chi connectivity index (χ0) is 13.4. The molecule has 0 saturated carbocycles. The number of carbonyl (C=O) groups excluding carboxylic acids is 2. The van der Waals surface area contributed by atoms with E-state index in [2.05, 4.69) is 15.0 Å². The Labute approximate surface area is 114 Å². The number of piperazine rings is 1. The van der Waals surface area contributed by atoms with Crippen molar-refractivity contribution in [3.05, 3.63) is 11.1 Å². The Hall–Kier alpha value is -1.67. The fourth-order valence-electron chi connectivity index (χ4n) is 2.36. The smallest absolute Gasteiger partial charge is 0.349 e. The molecule has 0 aliphatic carbocycles. The second-order valence-electron chi connectivity index (χ2n) is 4.44. The number of ether oxygens (including phenoxy) is 1. The number of amides is 2. The van der Waals surface area contributed by atoms with Crippen LogP contribution < -0.4 is 10.2 Å². The minimum Gasteiger partial charge on any atom is -0.465 e. The van der Waals surface area contributed by atoms with Gasteiger partial charge in [0.25, 0.3) is 0 Å². The first-order chi connectivity index (χ1) is 9.20. The number of anilines is 1. The van der Waals surface area contributed by atoms with E-state index in [0.717, 1.165) is 19.6 Å². The number of nitrogens with one attached hydrogen (secondary N) is 1. The predicted octanol–water partition coefficient (Wildman–Crippen LogP) is 0.143. The van der Waals surface area contributed by atoms with Crippen molar-refractivity contribution in [1.82, 2.24) is 15.2 Å². The van der Waals surface area contributed by atoms with Crippen molar-refractivity contribution in [1.29, 1.82) is 0 Å². The maximum Gasteiger partial charge on any atom is 0.349 e. The molecule has 2 fully saturated rings. The molecular weight excluding hydrogens is 268 g/mol. The highest BCUT2D eigenvalue weighted by Gasteiger charge is 2.40. The summed E-state index contributed by atoms with van der Waals surface area (Å²) in [4.78, 5) is 31.7. The third-order valence-electron chi connectivity index (χ3n) is 3.33. The predicted molar refractivity (Wildman–Crippen MR) is 69.6 cm³/mol. The van der Waals surface area contributed by atoms with Gasteiger partial charge in [0.2, 0.25) is 0 Å². The lowest BCUT2D eigenvalue weighted by Crippen LogP contribution is -2.49. The molecule has 0 spiro atoms. The lowest BCUT2D eigenvalue weighted by Gasteiger charge is -2.28. The minimum atomic E-state index is -0.421. The maximum atomic E-state index is 12.3. The van der Waals surface area contributed by atoms with E-state index in [0.29, 0.717) is 16.6 Å². The molecule has 1 aromatic heterocycles. The molecule has 3 heterocycles. The summed E-state index contributed by atoms with van der Waals surface area (Å²) in [5.41, 5.74) is 0. The minimum absolute atomic E-state index is 0.0303. The van der Waals surface area contributed by atoms with E-state index in [4.69, 9.17) is 0 Å². The Bertz CT molecular complexity index is 518. The lowest BCUT2D eigenvalue weighted by atomic mass is 10.2. The van der Waals surface area contributed by atoms with Gasteiger partial charge < -0.3 is 15.0 Å². The number of rotatable bonds is 2. The van der Waals surface area contributed by atoms with E-state index in [9.17, 15) is 9.59 Å². The third kappa shape index (κ3) is 2.06. The van der Waals surface area contributed by atoms with Crippen LogP contribution in [0.15, 0.2) is 6.20 Å². The quantitative estimate of drug-likeness (QED) is 0.781. The van der Waals surface area contributed by atoms with Gasteiger partial charge >= 0.3 is 12.0 Å². The zero-order valence-electron chi connectivity index (χ0n) is 10.5. The number of thiazole rings is 1. The van der Waals surface area contributed by atoms with E-state index in [1.807, 2.05) is 4.90 Å². The van der Waals surface area contributed by atoms with Crippen LogP contribution in [-0.2, 0) is 4.74 Å². The molecule has 2 saturated heterocycles. The van der Waals surface area contributed by atoms with Crippen LogP contribution in [-0.4, -0.2) is 61.2 Å². The molecule has 2 aliphatic rings. The van der Waals surface area contributed by atoms with Crippen molar-refractivity contribution in [2.24, 2.45) is 0 Å². The molecule has 1 atom stereocenters. The van der Waals surface area contributed by atoms with Gasteiger partial charge in [-0.15, -0.1) is 0 Å². The molecule has 0 aromatic carbocycles. The molecule has 0 bridgehead atoms. The van der Waals surface area contributed by atoms with Crippen LogP contribution in [0.1, 0.15) is 9.67 Å². The Balaban J connectivity index is 1.81. The van der Waals surface area contributed by atoms with E-state index >= 15 is 0 Å². The molecule has 1 N–H and O–H groups in total. The summed E-state index contributed by atoms with van der Waals surface area (Å²) >= 11 is 1.18. The van der Waals surface area contributed by atoms with Crippen LogP contribution in [0.25, 0.3) is 0 Å². The molecule has 3 rings (SSSR count). The number of nitrogens with zero attached hydrogens (tertiary/aromatic N) is 3. The van der Waals surface area contributed by atoms with Crippen molar-refractivity contribution in [2.45, 2.75) is 6.04 Å². The monoisotopic (exact) mass is 282 g/mol. The number of hydrogen-bond donors (Lipinski definition) is 1. The highest BCUT2D eigenvalue weighted by molar-refractivity contribution is 7.17. The van der Waals surface area contributed by atoms with Gasteiger partial charge in [0.1, 0.15) is 4.88 Å². The summed E-state index contributed by atoms with van der Waals surface area (Å²) in [6, 6.07) is 0.156. The van der Waals surface area contributed by atoms with E-state index in [1.54, 1.807) is 4.90 Å². The number of methoxy groups -OCH3 is 1. The fraction of sp³-hybridized carbons (Fsp3) is 0.545. The van der Waals surface area contributed by atoms with Gasteiger partial charge in [-0.05, 0) is 0 Å². The number of urea groups is 1. The van der Waals surface area contributed by atoms with Crippen LogP contribution >= 0.6 is 11.3 Å². The normalized spacial score (nSPS) is 22.6. The molecule has 0 unspecified atom stereocenters. The van der Waals surface area contributed by atoms with Gasteiger partial charge in [-0.3, -0.25) is 4.90 Å². The maximum absolute atomic E-state index is 12.3. The Morgan fingerprint density at radius 3 is 3.21 bits per heavy atom. The molecule has 0 radical (unpaired) electrons.